The molecule has 178 valence electrons. The van der Waals surface area contributed by atoms with Crippen LogP contribution in [-0.4, -0.2) is 41.1 Å². The van der Waals surface area contributed by atoms with E-state index in [0.717, 1.165) is 5.39 Å². The number of ether oxygens (including phenoxy) is 2. The highest BCUT2D eigenvalue weighted by atomic mass is 16.5. The molecule has 0 amide bonds. The van der Waals surface area contributed by atoms with Gasteiger partial charge in [-0.15, -0.1) is 0 Å². The van der Waals surface area contributed by atoms with Crippen LogP contribution in [0.3, 0.4) is 0 Å². The molecule has 0 unspecified atom stereocenters. The molecule has 2 fully saturated rings. The van der Waals surface area contributed by atoms with Crippen LogP contribution in [0, 0.1) is 22.7 Å². The van der Waals surface area contributed by atoms with Gasteiger partial charge >= 0.3 is 11.6 Å². The fourth-order valence-electron chi connectivity index (χ4n) is 6.29. The molecule has 1 heterocycles. The summed E-state index contributed by atoms with van der Waals surface area (Å²) >= 11 is 0. The Morgan fingerprint density at radius 1 is 1.21 bits per heavy atom. The highest BCUT2D eigenvalue weighted by Gasteiger charge is 2.62. The van der Waals surface area contributed by atoms with Gasteiger partial charge in [-0.05, 0) is 42.0 Å². The number of benzene rings is 1. The molecule has 2 aromatic rings. The van der Waals surface area contributed by atoms with Crippen molar-refractivity contribution in [1.29, 1.82) is 0 Å². The summed E-state index contributed by atoms with van der Waals surface area (Å²) in [5.41, 5.74) is -0.455. The van der Waals surface area contributed by atoms with Gasteiger partial charge in [0.25, 0.3) is 0 Å². The topological polar surface area (TPSA) is 106 Å². The summed E-state index contributed by atoms with van der Waals surface area (Å²) in [6.07, 6.45) is -1.16. The fraction of sp³-hybridized carbons (Fsp3) is 0.538. The zero-order valence-corrected chi connectivity index (χ0v) is 19.5. The van der Waals surface area contributed by atoms with E-state index in [9.17, 15) is 19.8 Å². The molecule has 0 bridgehead atoms. The molecule has 1 aromatic carbocycles. The Hall–Kier alpha value is -2.64. The minimum absolute atomic E-state index is 0.239. The van der Waals surface area contributed by atoms with Gasteiger partial charge in [0.15, 0.2) is 0 Å². The van der Waals surface area contributed by atoms with E-state index in [1.807, 2.05) is 19.9 Å². The van der Waals surface area contributed by atoms with Gasteiger partial charge in [0, 0.05) is 41.7 Å². The molecule has 2 aliphatic carbocycles. The smallest absolute Gasteiger partial charge is 0.336 e. The molecule has 0 aliphatic heterocycles. The van der Waals surface area contributed by atoms with E-state index >= 15 is 0 Å². The van der Waals surface area contributed by atoms with Gasteiger partial charge in [0.2, 0.25) is 0 Å². The molecule has 2 N–H and O–H groups in total. The first-order chi connectivity index (χ1) is 15.4. The Bertz CT molecular complexity index is 1130. The zero-order chi connectivity index (χ0) is 24.1. The second-order valence-electron chi connectivity index (χ2n) is 10.3. The first kappa shape index (κ1) is 23.5. The number of rotatable bonds is 4. The Balaban J connectivity index is 1.63. The maximum atomic E-state index is 11.7. The molecule has 6 atom stereocenters. The van der Waals surface area contributed by atoms with Gasteiger partial charge in [-0.2, -0.15) is 0 Å². The Morgan fingerprint density at radius 3 is 2.61 bits per heavy atom. The van der Waals surface area contributed by atoms with E-state index in [4.69, 9.17) is 13.9 Å². The van der Waals surface area contributed by atoms with Gasteiger partial charge in [-0.1, -0.05) is 27.4 Å². The monoisotopic (exact) mass is 456 g/mol. The molecular formula is C26H32O7. The number of aliphatic hydroxyl groups excluding tert-OH is 2. The maximum Gasteiger partial charge on any atom is 0.336 e. The van der Waals surface area contributed by atoms with Crippen LogP contribution in [0.2, 0.25) is 0 Å². The van der Waals surface area contributed by atoms with Crippen LogP contribution >= 0.6 is 0 Å². The predicted molar refractivity (Wildman–Crippen MR) is 123 cm³/mol. The normalized spacial score (nSPS) is 33.4. The first-order valence-electron chi connectivity index (χ1n) is 11.3. The molecule has 1 aromatic heterocycles. The van der Waals surface area contributed by atoms with E-state index in [1.54, 1.807) is 18.2 Å². The van der Waals surface area contributed by atoms with Crippen molar-refractivity contribution >= 4 is 16.9 Å². The lowest BCUT2D eigenvalue weighted by atomic mass is 9.45. The number of aliphatic hydroxyl groups is 2. The van der Waals surface area contributed by atoms with E-state index in [1.165, 1.54) is 13.0 Å². The Morgan fingerprint density at radius 2 is 1.91 bits per heavy atom. The second-order valence-corrected chi connectivity index (χ2v) is 10.3. The van der Waals surface area contributed by atoms with Gasteiger partial charge < -0.3 is 24.1 Å². The molecule has 0 spiro atoms. The molecule has 0 radical (unpaired) electrons. The molecule has 2 saturated carbocycles. The third-order valence-electron chi connectivity index (χ3n) is 7.90. The van der Waals surface area contributed by atoms with Crippen molar-refractivity contribution in [2.24, 2.45) is 22.7 Å². The minimum Gasteiger partial charge on any atom is -0.493 e. The van der Waals surface area contributed by atoms with E-state index in [0.29, 0.717) is 29.7 Å². The summed E-state index contributed by atoms with van der Waals surface area (Å²) in [7, 11) is 0. The van der Waals surface area contributed by atoms with Crippen molar-refractivity contribution in [3.8, 4) is 5.75 Å². The third-order valence-corrected chi connectivity index (χ3v) is 7.90. The van der Waals surface area contributed by atoms with Crippen LogP contribution in [0.15, 0.2) is 51.7 Å². The zero-order valence-electron chi connectivity index (χ0n) is 19.5. The van der Waals surface area contributed by atoms with Crippen molar-refractivity contribution in [1.82, 2.24) is 0 Å². The molecule has 33 heavy (non-hydrogen) atoms. The van der Waals surface area contributed by atoms with Crippen molar-refractivity contribution in [2.75, 3.05) is 6.61 Å². The standard InChI is InChI=1S/C26H32O7/c1-14-18(13-31-17-8-6-16-7-9-21(28)33-19(16)12-17)26(5)11-10-20(32-15(2)27)25(3,4)24(26)23(30)22(14)29/h6-9,12,18,20,22-24,29-30H,1,10-11,13H2,2-5H3/t18-,20-,22-,23+,24+,26-/m1/s1. The number of hydrogen-bond acceptors (Lipinski definition) is 7. The lowest BCUT2D eigenvalue weighted by molar-refractivity contribution is -0.208. The summed E-state index contributed by atoms with van der Waals surface area (Å²) < 4.78 is 17.0. The lowest BCUT2D eigenvalue weighted by Gasteiger charge is -2.61. The maximum absolute atomic E-state index is 11.7. The van der Waals surface area contributed by atoms with Crippen LogP contribution in [0.5, 0.6) is 5.75 Å². The van der Waals surface area contributed by atoms with Crippen LogP contribution in [0.4, 0.5) is 0 Å². The minimum atomic E-state index is -1.11. The van der Waals surface area contributed by atoms with Crippen molar-refractivity contribution in [3.63, 3.8) is 0 Å². The summed E-state index contributed by atoms with van der Waals surface area (Å²) in [5.74, 6) is -0.392. The van der Waals surface area contributed by atoms with E-state index < -0.39 is 28.7 Å². The number of hydrogen-bond donors (Lipinski definition) is 2. The average Bonchev–Trinajstić information content (AvgIpc) is 2.73. The van der Waals surface area contributed by atoms with Crippen LogP contribution < -0.4 is 10.4 Å². The average molecular weight is 457 g/mol. The lowest BCUT2D eigenvalue weighted by Crippen LogP contribution is -2.64. The summed E-state index contributed by atoms with van der Waals surface area (Å²) in [6, 6.07) is 8.37. The van der Waals surface area contributed by atoms with E-state index in [2.05, 4.69) is 13.5 Å². The van der Waals surface area contributed by atoms with Crippen molar-refractivity contribution in [2.45, 2.75) is 58.8 Å². The highest BCUT2D eigenvalue weighted by Crippen LogP contribution is 2.61. The number of esters is 1. The Kier molecular flexibility index (Phi) is 5.91. The Labute approximate surface area is 193 Å². The summed E-state index contributed by atoms with van der Waals surface area (Å²) in [5, 5.41) is 22.8. The summed E-state index contributed by atoms with van der Waals surface area (Å²) in [6.45, 7) is 11.8. The van der Waals surface area contributed by atoms with Gasteiger partial charge in [0.1, 0.15) is 23.5 Å². The van der Waals surface area contributed by atoms with E-state index in [-0.39, 0.29) is 30.5 Å². The van der Waals surface area contributed by atoms with Gasteiger partial charge in [-0.25, -0.2) is 4.79 Å². The third kappa shape index (κ3) is 3.97. The van der Waals surface area contributed by atoms with Gasteiger partial charge in [-0.3, -0.25) is 4.79 Å². The highest BCUT2D eigenvalue weighted by molar-refractivity contribution is 5.77. The summed E-state index contributed by atoms with van der Waals surface area (Å²) in [4.78, 5) is 23.2. The van der Waals surface area contributed by atoms with Gasteiger partial charge in [0.05, 0.1) is 12.7 Å². The number of carbonyl (C=O) groups is 1. The van der Waals surface area contributed by atoms with Crippen molar-refractivity contribution < 1.29 is 28.9 Å². The molecule has 0 saturated heterocycles. The van der Waals surface area contributed by atoms with Crippen molar-refractivity contribution in [3.05, 3.63) is 52.9 Å². The largest absolute Gasteiger partial charge is 0.493 e. The van der Waals surface area contributed by atoms with Crippen LogP contribution in [-0.2, 0) is 9.53 Å². The second kappa shape index (κ2) is 8.29. The SMILES string of the molecule is C=C1[C@@H](O)[C@H](O)[C@H]2C(C)(C)[C@H](OC(C)=O)CC[C@]2(C)[C@@H]1COc1ccc2ccc(=O)oc2c1. The first-order valence-corrected chi connectivity index (χ1v) is 11.3. The molecule has 2 aliphatic rings. The fourth-order valence-corrected chi connectivity index (χ4v) is 6.29. The van der Waals surface area contributed by atoms with Crippen LogP contribution in [0.25, 0.3) is 11.0 Å². The molecule has 4 rings (SSSR count). The quantitative estimate of drug-likeness (QED) is 0.412. The van der Waals surface area contributed by atoms with Crippen LogP contribution in [0.1, 0.15) is 40.5 Å². The predicted octanol–water partition coefficient (Wildman–Crippen LogP) is 3.45. The number of carbonyl (C=O) groups excluding carboxylic acids is 1. The molecule has 7 nitrogen and oxygen atoms in total. The molecular weight excluding hydrogens is 424 g/mol. The molecule has 7 heteroatoms. The number of fused-ring (bicyclic) bond motifs is 2.